The van der Waals surface area contributed by atoms with Gasteiger partial charge in [-0.1, -0.05) is 42.4 Å². The Labute approximate surface area is 146 Å². The first kappa shape index (κ1) is 18.7. The standard InChI is InChI=1S/C20H27BNO2/c1-7-8-14-9-10-15-13-16(11-12-17(15)18(14)22-6)21-24-20(4,5)19(2,3)23/h7-8,11-13,23H,1,9-10H2,2-6H3/b14-8-,22-18?. The van der Waals surface area contributed by atoms with E-state index in [-0.39, 0.29) is 0 Å². The number of benzene rings is 1. The molecule has 0 amide bonds. The van der Waals surface area contributed by atoms with Crippen LogP contribution in [-0.4, -0.2) is 36.6 Å². The highest BCUT2D eigenvalue weighted by molar-refractivity contribution is 6.47. The molecule has 0 aromatic heterocycles. The number of aliphatic imine (C=N–C) groups is 1. The monoisotopic (exact) mass is 324 g/mol. The van der Waals surface area contributed by atoms with Crippen molar-refractivity contribution in [2.75, 3.05) is 7.05 Å². The molecule has 1 N–H and O–H groups in total. The second kappa shape index (κ2) is 7.08. The number of allylic oxidation sites excluding steroid dienone is 3. The molecule has 0 saturated heterocycles. The lowest BCUT2D eigenvalue weighted by atomic mass is 9.78. The van der Waals surface area contributed by atoms with Crippen molar-refractivity contribution < 1.29 is 9.76 Å². The summed E-state index contributed by atoms with van der Waals surface area (Å²) in [6.45, 7) is 11.1. The van der Waals surface area contributed by atoms with Crippen molar-refractivity contribution in [1.29, 1.82) is 0 Å². The molecule has 0 heterocycles. The maximum atomic E-state index is 10.2. The summed E-state index contributed by atoms with van der Waals surface area (Å²) in [5.74, 6) is 0. The van der Waals surface area contributed by atoms with E-state index in [0.717, 1.165) is 24.0 Å². The van der Waals surface area contributed by atoms with Gasteiger partial charge in [-0.05, 0) is 51.7 Å². The minimum Gasteiger partial charge on any atom is -0.427 e. The van der Waals surface area contributed by atoms with E-state index in [1.807, 2.05) is 39.1 Å². The number of hydrogen-bond acceptors (Lipinski definition) is 3. The van der Waals surface area contributed by atoms with Crippen molar-refractivity contribution in [3.05, 3.63) is 53.6 Å². The van der Waals surface area contributed by atoms with Crippen LogP contribution in [0.5, 0.6) is 0 Å². The minimum atomic E-state index is -0.926. The van der Waals surface area contributed by atoms with Crippen molar-refractivity contribution in [2.45, 2.75) is 51.7 Å². The lowest BCUT2D eigenvalue weighted by Crippen LogP contribution is -2.49. The molecule has 1 aromatic carbocycles. The van der Waals surface area contributed by atoms with Crippen LogP contribution in [0.3, 0.4) is 0 Å². The number of aliphatic hydroxyl groups is 1. The Balaban J connectivity index is 2.22. The highest BCUT2D eigenvalue weighted by Gasteiger charge is 2.35. The number of aryl methyl sites for hydroxylation is 1. The number of nitrogens with zero attached hydrogens (tertiary/aromatic N) is 1. The topological polar surface area (TPSA) is 41.8 Å². The molecular formula is C20H27BNO2. The molecule has 0 spiro atoms. The molecule has 0 bridgehead atoms. The van der Waals surface area contributed by atoms with E-state index in [1.54, 1.807) is 21.3 Å². The molecule has 0 unspecified atom stereocenters. The average Bonchev–Trinajstić information content (AvgIpc) is 2.52. The number of fused-ring (bicyclic) bond motifs is 1. The van der Waals surface area contributed by atoms with Crippen molar-refractivity contribution in [1.82, 2.24) is 0 Å². The minimum absolute atomic E-state index is 0.668. The van der Waals surface area contributed by atoms with Gasteiger partial charge in [-0.15, -0.1) is 0 Å². The summed E-state index contributed by atoms with van der Waals surface area (Å²) < 4.78 is 5.85. The van der Waals surface area contributed by atoms with Crippen molar-refractivity contribution in [3.63, 3.8) is 0 Å². The molecule has 0 aliphatic heterocycles. The van der Waals surface area contributed by atoms with E-state index in [9.17, 15) is 5.11 Å². The van der Waals surface area contributed by atoms with Crippen LogP contribution < -0.4 is 5.46 Å². The Bertz CT molecular complexity index is 681. The summed E-state index contributed by atoms with van der Waals surface area (Å²) in [6, 6.07) is 6.27. The zero-order valence-electron chi connectivity index (χ0n) is 15.4. The summed E-state index contributed by atoms with van der Waals surface area (Å²) in [5.41, 5.74) is 4.13. The van der Waals surface area contributed by atoms with Crippen LogP contribution in [0, 0.1) is 0 Å². The molecule has 4 heteroatoms. The summed E-state index contributed by atoms with van der Waals surface area (Å²) in [4.78, 5) is 4.46. The van der Waals surface area contributed by atoms with Crippen LogP contribution in [0.25, 0.3) is 0 Å². The zero-order valence-corrected chi connectivity index (χ0v) is 15.4. The van der Waals surface area contributed by atoms with E-state index in [2.05, 4.69) is 23.7 Å². The fourth-order valence-corrected chi connectivity index (χ4v) is 2.61. The second-order valence-electron chi connectivity index (χ2n) is 7.22. The van der Waals surface area contributed by atoms with Gasteiger partial charge in [0.15, 0.2) is 0 Å². The Kier molecular flexibility index (Phi) is 5.51. The molecule has 0 atom stereocenters. The molecule has 24 heavy (non-hydrogen) atoms. The quantitative estimate of drug-likeness (QED) is 0.846. The Morgan fingerprint density at radius 2 is 1.96 bits per heavy atom. The predicted molar refractivity (Wildman–Crippen MR) is 102 cm³/mol. The maximum absolute atomic E-state index is 10.2. The van der Waals surface area contributed by atoms with Crippen molar-refractivity contribution in [2.24, 2.45) is 4.99 Å². The Morgan fingerprint density at radius 1 is 1.25 bits per heavy atom. The van der Waals surface area contributed by atoms with Gasteiger partial charge in [0, 0.05) is 12.6 Å². The molecule has 1 aliphatic rings. The van der Waals surface area contributed by atoms with Crippen molar-refractivity contribution in [3.8, 4) is 0 Å². The lowest BCUT2D eigenvalue weighted by molar-refractivity contribution is -0.0893. The number of rotatable bonds is 5. The zero-order chi connectivity index (χ0) is 18.0. The summed E-state index contributed by atoms with van der Waals surface area (Å²) >= 11 is 0. The fourth-order valence-electron chi connectivity index (χ4n) is 2.61. The first-order valence-corrected chi connectivity index (χ1v) is 8.35. The van der Waals surface area contributed by atoms with Crippen LogP contribution in [0.15, 0.2) is 47.5 Å². The molecular weight excluding hydrogens is 297 g/mol. The molecule has 2 rings (SSSR count). The van der Waals surface area contributed by atoms with Gasteiger partial charge in [-0.2, -0.15) is 0 Å². The lowest BCUT2D eigenvalue weighted by Gasteiger charge is -2.37. The van der Waals surface area contributed by atoms with Crippen LogP contribution in [0.4, 0.5) is 0 Å². The molecule has 1 aromatic rings. The highest BCUT2D eigenvalue weighted by Crippen LogP contribution is 2.26. The van der Waals surface area contributed by atoms with Gasteiger partial charge < -0.3 is 9.76 Å². The first-order valence-electron chi connectivity index (χ1n) is 8.35. The third-order valence-corrected chi connectivity index (χ3v) is 4.86. The van der Waals surface area contributed by atoms with E-state index >= 15 is 0 Å². The van der Waals surface area contributed by atoms with Crippen LogP contribution in [0.2, 0.25) is 0 Å². The third kappa shape index (κ3) is 3.88. The molecule has 0 fully saturated rings. The largest absolute Gasteiger partial charge is 0.427 e. The Morgan fingerprint density at radius 3 is 2.54 bits per heavy atom. The van der Waals surface area contributed by atoms with E-state index in [0.29, 0.717) is 0 Å². The van der Waals surface area contributed by atoms with Gasteiger partial charge in [0.25, 0.3) is 0 Å². The molecule has 3 nitrogen and oxygen atoms in total. The van der Waals surface area contributed by atoms with Gasteiger partial charge in [0.2, 0.25) is 0 Å². The van der Waals surface area contributed by atoms with Gasteiger partial charge in [0.05, 0.1) is 16.9 Å². The average molecular weight is 324 g/mol. The molecule has 1 aliphatic carbocycles. The van der Waals surface area contributed by atoms with E-state index in [1.165, 1.54) is 16.7 Å². The van der Waals surface area contributed by atoms with Crippen molar-refractivity contribution >= 4 is 18.7 Å². The number of hydrogen-bond donors (Lipinski definition) is 1. The molecule has 127 valence electrons. The van der Waals surface area contributed by atoms with Gasteiger partial charge in [-0.3, -0.25) is 4.99 Å². The molecule has 1 radical (unpaired) electrons. The Hall–Kier alpha value is -1.65. The maximum Gasteiger partial charge on any atom is 0.330 e. The SMILES string of the molecule is C=C/C=C1/CCc2cc([B]OC(C)(C)C(C)(C)O)ccc2C1=NC. The normalized spacial score (nSPS) is 18.6. The summed E-state index contributed by atoms with van der Waals surface area (Å²) in [6.07, 6.45) is 5.80. The second-order valence-corrected chi connectivity index (χ2v) is 7.22. The van der Waals surface area contributed by atoms with Gasteiger partial charge in [-0.25, -0.2) is 0 Å². The van der Waals surface area contributed by atoms with E-state index in [4.69, 9.17) is 4.65 Å². The van der Waals surface area contributed by atoms with E-state index < -0.39 is 11.2 Å². The highest BCUT2D eigenvalue weighted by atomic mass is 16.5. The summed E-state index contributed by atoms with van der Waals surface area (Å²) in [7, 11) is 3.56. The van der Waals surface area contributed by atoms with Gasteiger partial charge >= 0.3 is 7.48 Å². The third-order valence-electron chi connectivity index (χ3n) is 4.86. The molecule has 0 saturated carbocycles. The summed E-state index contributed by atoms with van der Waals surface area (Å²) in [5, 5.41) is 10.2. The first-order chi connectivity index (χ1) is 11.2. The van der Waals surface area contributed by atoms with Crippen LogP contribution in [-0.2, 0) is 11.1 Å². The predicted octanol–water partition coefficient (Wildman–Crippen LogP) is 2.97. The van der Waals surface area contributed by atoms with Crippen LogP contribution in [0.1, 0.15) is 45.2 Å². The van der Waals surface area contributed by atoms with Gasteiger partial charge in [0.1, 0.15) is 0 Å². The van der Waals surface area contributed by atoms with Crippen LogP contribution >= 0.6 is 0 Å². The fraction of sp³-hybridized carbons (Fsp3) is 0.450. The smallest absolute Gasteiger partial charge is 0.330 e.